The van der Waals surface area contributed by atoms with Gasteiger partial charge in [-0.15, -0.1) is 0 Å². The fourth-order valence-corrected chi connectivity index (χ4v) is 19.9. The molecular formula is C125H82N12. The molecule has 137 heavy (non-hydrogen) atoms. The van der Waals surface area contributed by atoms with Gasteiger partial charge in [0.2, 0.25) is 0 Å². The number of pyridine rings is 9. The molecule has 0 spiro atoms. The summed E-state index contributed by atoms with van der Waals surface area (Å²) in [6.45, 7) is 4.24. The van der Waals surface area contributed by atoms with Gasteiger partial charge in [-0.25, -0.2) is 29.9 Å². The van der Waals surface area contributed by atoms with Crippen LogP contribution in [-0.4, -0.2) is 58.6 Å². The summed E-state index contributed by atoms with van der Waals surface area (Å²) < 4.78 is 6.88. The van der Waals surface area contributed by atoms with Gasteiger partial charge in [0.15, 0.2) is 0 Å². The Labute approximate surface area is 788 Å². The first-order valence-corrected chi connectivity index (χ1v) is 46.2. The molecule has 0 saturated heterocycles. The van der Waals surface area contributed by atoms with Crippen LogP contribution in [0.4, 0.5) is 0 Å². The van der Waals surface area contributed by atoms with E-state index >= 15 is 0 Å². The highest BCUT2D eigenvalue weighted by molar-refractivity contribution is 6.13. The van der Waals surface area contributed by atoms with E-state index in [-0.39, 0.29) is 0 Å². The van der Waals surface area contributed by atoms with Crippen molar-refractivity contribution in [3.8, 4) is 119 Å². The van der Waals surface area contributed by atoms with Gasteiger partial charge in [0.1, 0.15) is 0 Å². The number of benzene rings is 15. The Morgan fingerprint density at radius 3 is 1.01 bits per heavy atom. The third kappa shape index (κ3) is 14.9. The van der Waals surface area contributed by atoms with Crippen molar-refractivity contribution < 1.29 is 0 Å². The van der Waals surface area contributed by atoms with E-state index in [2.05, 4.69) is 427 Å². The van der Waals surface area contributed by atoms with Crippen molar-refractivity contribution in [2.45, 2.75) is 13.8 Å². The molecule has 642 valence electrons. The average Bonchev–Trinajstić information content (AvgIpc) is 1.61. The highest BCUT2D eigenvalue weighted by atomic mass is 15.0. The van der Waals surface area contributed by atoms with Crippen LogP contribution in [0.3, 0.4) is 0 Å². The van der Waals surface area contributed by atoms with E-state index in [0.717, 1.165) is 179 Å². The van der Waals surface area contributed by atoms with Crippen LogP contribution < -0.4 is 0 Å². The molecular weight excluding hydrogens is 1670 g/mol. The van der Waals surface area contributed by atoms with Crippen molar-refractivity contribution >= 4 is 130 Å². The Morgan fingerprint density at radius 1 is 0.168 bits per heavy atom. The van der Waals surface area contributed by atoms with Crippen LogP contribution in [0.2, 0.25) is 0 Å². The van der Waals surface area contributed by atoms with E-state index in [0.29, 0.717) is 0 Å². The second-order valence-electron chi connectivity index (χ2n) is 35.0. The second kappa shape index (κ2) is 34.1. The maximum atomic E-state index is 5.16. The quantitative estimate of drug-likeness (QED) is 0.110. The minimum atomic E-state index is 0.842. The normalized spacial score (nSPS) is 11.6. The molecule has 0 fully saturated rings. The predicted molar refractivity (Wildman–Crippen MR) is 566 cm³/mol. The lowest BCUT2D eigenvalue weighted by Crippen LogP contribution is -1.96. The third-order valence-electron chi connectivity index (χ3n) is 26.4. The molecule has 27 rings (SSSR count). The summed E-state index contributed by atoms with van der Waals surface area (Å²) in [6.07, 6.45) is 7.53. The number of hydrogen-bond donors (Lipinski definition) is 0. The molecule has 12 heteroatoms. The van der Waals surface area contributed by atoms with E-state index in [9.17, 15) is 0 Å². The van der Waals surface area contributed by atoms with Gasteiger partial charge in [-0.05, 0) is 266 Å². The summed E-state index contributed by atoms with van der Waals surface area (Å²) in [5.74, 6) is 0. The standard InChI is InChI=1S/2C42H28N4.C41H26N4/c1-27-14-23-40-35(25-27)42-41(13-6-24-43-42)46(40)32-20-17-29(18-21-32)36-9-4-11-38(44-36)39-12-5-10-37(45-39)31-19-22-34-30(26-31)16-15-28-7-2-3-8-33(28)34;1-27-23-38(30-10-6-11-32(26-30)46-40-16-5-4-13-35(40)42-41(46)17-8-22-43-42)45-39(24-27)37-15-7-14-36(44-37)31-20-21-34-29(25-31)19-18-28-9-2-3-12-33(28)34;1-2-11-32-27(8-1)18-19-28-24-30(20-21-33(28)32)37-14-7-16-39(44-37)38-15-6-13-36(43-38)29-9-5-10-31(25-29)45-40-17-4-3-12-34(40)35-26-42-23-22-41(35)45/h2*2-26H,1H3;1-26H. The molecule has 15 aromatic carbocycles. The van der Waals surface area contributed by atoms with Gasteiger partial charge < -0.3 is 13.7 Å². The van der Waals surface area contributed by atoms with Gasteiger partial charge in [0.05, 0.1) is 112 Å². The smallest absolute Gasteiger partial charge is 0.0963 e. The summed E-state index contributed by atoms with van der Waals surface area (Å²) in [6, 6.07) is 153. The summed E-state index contributed by atoms with van der Waals surface area (Å²) in [5, 5.41) is 19.6. The van der Waals surface area contributed by atoms with E-state index in [1.54, 1.807) is 0 Å². The number of hydrogen-bond acceptors (Lipinski definition) is 9. The minimum absolute atomic E-state index is 0.842. The number of aryl methyl sites for hydroxylation is 2. The van der Waals surface area contributed by atoms with Crippen LogP contribution in [-0.2, 0) is 0 Å². The molecule has 0 aliphatic carbocycles. The zero-order chi connectivity index (χ0) is 91.0. The molecule has 0 radical (unpaired) electrons. The number of rotatable bonds is 12. The third-order valence-corrected chi connectivity index (χ3v) is 26.4. The van der Waals surface area contributed by atoms with Crippen LogP contribution in [0.5, 0.6) is 0 Å². The zero-order valence-electron chi connectivity index (χ0n) is 74.7. The first-order valence-electron chi connectivity index (χ1n) is 46.2. The maximum Gasteiger partial charge on any atom is 0.0963 e. The van der Waals surface area contributed by atoms with E-state index in [1.165, 1.54) is 81.0 Å². The molecule has 0 aliphatic heterocycles. The summed E-state index contributed by atoms with van der Waals surface area (Å²) in [4.78, 5) is 44.4. The van der Waals surface area contributed by atoms with Gasteiger partial charge in [-0.1, -0.05) is 260 Å². The highest BCUT2D eigenvalue weighted by Gasteiger charge is 2.21. The lowest BCUT2D eigenvalue weighted by Gasteiger charge is -2.12. The Hall–Kier alpha value is -18.4. The van der Waals surface area contributed by atoms with E-state index in [1.807, 2.05) is 67.3 Å². The van der Waals surface area contributed by atoms with E-state index in [4.69, 9.17) is 39.9 Å². The molecule has 0 atom stereocenters. The first kappa shape index (κ1) is 80.7. The largest absolute Gasteiger partial charge is 0.309 e. The molecule has 0 saturated carbocycles. The fraction of sp³-hybridized carbons (Fsp3) is 0.0160. The SMILES string of the molecule is Cc1cc(-c2cccc(-n3c4ccccc4c4ncccc43)c2)nc(-c2cccc(-c3ccc4c(ccc5ccccc54)c3)n2)c1.Cc1ccc2c(c1)c1ncccc1n2-c1ccc(-c2cccc(-c3cccc(-c4ccc5c(ccc6ccccc65)c4)n3)n2)cc1.c1cc(-c2cccc(-c3cccc(-c4ccc5c(ccc6ccccc65)c4)n3)n2)cc(-n2c3ccccc3c3cnccc32)c1. The van der Waals surface area contributed by atoms with Crippen LogP contribution in [0.1, 0.15) is 11.1 Å². The second-order valence-corrected chi connectivity index (χ2v) is 35.0. The molecule has 12 aromatic heterocycles. The molecule has 0 N–H and O–H groups in total. The Morgan fingerprint density at radius 2 is 0.511 bits per heavy atom. The lowest BCUT2D eigenvalue weighted by atomic mass is 9.99. The minimum Gasteiger partial charge on any atom is -0.309 e. The van der Waals surface area contributed by atoms with Gasteiger partial charge in [-0.2, -0.15) is 0 Å². The van der Waals surface area contributed by atoms with Crippen molar-refractivity contribution in [2.24, 2.45) is 0 Å². The van der Waals surface area contributed by atoms with Crippen molar-refractivity contribution in [1.29, 1.82) is 0 Å². The summed E-state index contributed by atoms with van der Waals surface area (Å²) in [7, 11) is 0. The zero-order valence-corrected chi connectivity index (χ0v) is 74.7. The number of nitrogens with zero attached hydrogens (tertiary/aromatic N) is 12. The van der Waals surface area contributed by atoms with Gasteiger partial charge in [0, 0.05) is 96.8 Å². The first-order chi connectivity index (χ1) is 67.7. The topological polar surface area (TPSA) is 131 Å². The van der Waals surface area contributed by atoms with Crippen LogP contribution in [0, 0.1) is 13.8 Å². The average molecular weight is 1750 g/mol. The van der Waals surface area contributed by atoms with Crippen LogP contribution in [0.25, 0.3) is 249 Å². The maximum absolute atomic E-state index is 5.16. The molecule has 0 unspecified atom stereocenters. The number of aromatic nitrogens is 12. The highest BCUT2D eigenvalue weighted by Crippen LogP contribution is 2.41. The number of para-hydroxylation sites is 2. The van der Waals surface area contributed by atoms with Crippen molar-refractivity contribution in [1.82, 2.24) is 58.6 Å². The Balaban J connectivity index is 0.000000109. The monoisotopic (exact) mass is 1750 g/mol. The predicted octanol–water partition coefficient (Wildman–Crippen LogP) is 31.4. The van der Waals surface area contributed by atoms with Crippen molar-refractivity contribution in [3.63, 3.8) is 0 Å². The molecule has 27 aromatic rings. The summed E-state index contributed by atoms with van der Waals surface area (Å²) in [5.41, 5.74) is 31.4. The van der Waals surface area contributed by atoms with Crippen LogP contribution in [0.15, 0.2) is 462 Å². The van der Waals surface area contributed by atoms with Gasteiger partial charge in [-0.3, -0.25) is 15.0 Å². The Kier molecular flexibility index (Phi) is 20.1. The van der Waals surface area contributed by atoms with Crippen LogP contribution >= 0.6 is 0 Å². The number of fused-ring (bicyclic) bond motifs is 18. The van der Waals surface area contributed by atoms with E-state index < -0.39 is 0 Å². The van der Waals surface area contributed by atoms with Crippen molar-refractivity contribution in [2.75, 3.05) is 0 Å². The molecule has 0 aliphatic rings. The van der Waals surface area contributed by atoms with Gasteiger partial charge in [0.25, 0.3) is 0 Å². The molecule has 12 heterocycles. The summed E-state index contributed by atoms with van der Waals surface area (Å²) >= 11 is 0. The molecule has 0 bridgehead atoms. The molecule has 12 nitrogen and oxygen atoms in total. The fourth-order valence-electron chi connectivity index (χ4n) is 19.9. The molecule has 0 amide bonds. The van der Waals surface area contributed by atoms with Crippen molar-refractivity contribution in [3.05, 3.63) is 473 Å². The lowest BCUT2D eigenvalue weighted by molar-refractivity contribution is 1.17. The Bertz CT molecular complexity index is 9390. The van der Waals surface area contributed by atoms with Gasteiger partial charge >= 0.3 is 0 Å².